The zero-order valence-corrected chi connectivity index (χ0v) is 20.0. The van der Waals surface area contributed by atoms with Crippen LogP contribution in [0, 0.1) is 0 Å². The SMILES string of the molecule is CCCCP(=O)(CCCC)CP(=O)(C1CCCCC1)C1CCCC(OC)C1. The van der Waals surface area contributed by atoms with E-state index in [1.807, 2.05) is 0 Å². The molecular weight excluding hydrogens is 374 g/mol. The zero-order valence-electron chi connectivity index (χ0n) is 18.2. The topological polar surface area (TPSA) is 43.4 Å². The molecule has 0 aromatic heterocycles. The summed E-state index contributed by atoms with van der Waals surface area (Å²) in [5.74, 6) is 0.575. The Morgan fingerprint density at radius 3 is 1.96 bits per heavy atom. The van der Waals surface area contributed by atoms with Crippen LogP contribution >= 0.6 is 14.3 Å². The summed E-state index contributed by atoms with van der Waals surface area (Å²) >= 11 is 0. The van der Waals surface area contributed by atoms with Crippen molar-refractivity contribution in [1.82, 2.24) is 0 Å². The molecule has 3 atom stereocenters. The molecule has 0 radical (unpaired) electrons. The first-order valence-corrected chi connectivity index (χ1v) is 15.9. The van der Waals surface area contributed by atoms with Gasteiger partial charge in [-0.15, -0.1) is 0 Å². The van der Waals surface area contributed by atoms with Gasteiger partial charge < -0.3 is 13.9 Å². The quantitative estimate of drug-likeness (QED) is 0.325. The lowest BCUT2D eigenvalue weighted by Gasteiger charge is -2.41. The highest BCUT2D eigenvalue weighted by Crippen LogP contribution is 2.70. The van der Waals surface area contributed by atoms with Gasteiger partial charge in [0.05, 0.1) is 19.1 Å². The Morgan fingerprint density at radius 1 is 0.815 bits per heavy atom. The Kier molecular flexibility index (Phi) is 10.2. The maximum atomic E-state index is 14.7. The number of methoxy groups -OCH3 is 1. The van der Waals surface area contributed by atoms with Crippen LogP contribution < -0.4 is 0 Å². The molecule has 0 aromatic carbocycles. The van der Waals surface area contributed by atoms with Crippen molar-refractivity contribution < 1.29 is 13.9 Å². The average Bonchev–Trinajstić information content (AvgIpc) is 2.71. The van der Waals surface area contributed by atoms with Gasteiger partial charge in [0.2, 0.25) is 0 Å². The normalized spacial score (nSPS) is 27.4. The molecule has 0 saturated heterocycles. The number of rotatable bonds is 11. The lowest BCUT2D eigenvalue weighted by atomic mass is 9.97. The van der Waals surface area contributed by atoms with Crippen LogP contribution in [0.2, 0.25) is 0 Å². The Bertz CT molecular complexity index is 502. The summed E-state index contributed by atoms with van der Waals surface area (Å²) in [4.78, 5) is 0. The third-order valence-electron chi connectivity index (χ3n) is 7.06. The molecule has 0 spiro atoms. The molecule has 2 aliphatic carbocycles. The van der Waals surface area contributed by atoms with Crippen molar-refractivity contribution in [3.05, 3.63) is 0 Å². The average molecular weight is 419 g/mol. The second kappa shape index (κ2) is 11.6. The first kappa shape index (κ1) is 23.7. The molecule has 0 amide bonds. The van der Waals surface area contributed by atoms with Crippen LogP contribution in [0.5, 0.6) is 0 Å². The second-order valence-electron chi connectivity index (χ2n) is 9.18. The van der Waals surface area contributed by atoms with Crippen LogP contribution in [0.1, 0.15) is 97.3 Å². The maximum Gasteiger partial charge on any atom is 0.101 e. The van der Waals surface area contributed by atoms with Crippen LogP contribution in [-0.4, -0.2) is 42.8 Å². The lowest BCUT2D eigenvalue weighted by Crippen LogP contribution is -2.31. The zero-order chi connectivity index (χ0) is 19.8. The number of ether oxygens (including phenoxy) is 1. The van der Waals surface area contributed by atoms with Gasteiger partial charge in [0, 0.05) is 30.8 Å². The Balaban J connectivity index is 2.26. The molecule has 0 bridgehead atoms. The van der Waals surface area contributed by atoms with Crippen LogP contribution in [-0.2, 0) is 13.9 Å². The summed E-state index contributed by atoms with van der Waals surface area (Å²) in [6, 6.07) is 0. The summed E-state index contributed by atoms with van der Waals surface area (Å²) in [5, 5.41) is 0. The highest BCUT2D eigenvalue weighted by molar-refractivity contribution is 7.81. The van der Waals surface area contributed by atoms with E-state index < -0.39 is 14.3 Å². The van der Waals surface area contributed by atoms with E-state index >= 15 is 0 Å². The van der Waals surface area contributed by atoms with Gasteiger partial charge in [0.15, 0.2) is 0 Å². The minimum absolute atomic E-state index is 0.256. The first-order chi connectivity index (χ1) is 13.0. The molecule has 2 saturated carbocycles. The van der Waals surface area contributed by atoms with Crippen molar-refractivity contribution in [3.8, 4) is 0 Å². The van der Waals surface area contributed by atoms with E-state index in [0.29, 0.717) is 11.6 Å². The summed E-state index contributed by atoms with van der Waals surface area (Å²) < 4.78 is 34.4. The van der Waals surface area contributed by atoms with E-state index in [4.69, 9.17) is 4.74 Å². The van der Waals surface area contributed by atoms with Gasteiger partial charge in [-0.25, -0.2) is 0 Å². The fourth-order valence-electron chi connectivity index (χ4n) is 5.33. The first-order valence-electron chi connectivity index (χ1n) is 11.7. The fourth-order valence-corrected chi connectivity index (χ4v) is 16.6. The fraction of sp³-hybridized carbons (Fsp3) is 1.00. The minimum Gasteiger partial charge on any atom is -0.381 e. The predicted molar refractivity (Wildman–Crippen MR) is 120 cm³/mol. The molecule has 0 N–H and O–H groups in total. The molecule has 3 nitrogen and oxygen atoms in total. The highest BCUT2D eigenvalue weighted by Gasteiger charge is 2.46. The largest absolute Gasteiger partial charge is 0.381 e. The van der Waals surface area contributed by atoms with Crippen LogP contribution in [0.25, 0.3) is 0 Å². The molecule has 2 fully saturated rings. The van der Waals surface area contributed by atoms with E-state index in [1.54, 1.807) is 7.11 Å². The molecule has 3 unspecified atom stereocenters. The van der Waals surface area contributed by atoms with Crippen LogP contribution in [0.4, 0.5) is 0 Å². The summed E-state index contributed by atoms with van der Waals surface area (Å²) in [5.41, 5.74) is 0.597. The van der Waals surface area contributed by atoms with E-state index in [1.165, 1.54) is 19.3 Å². The van der Waals surface area contributed by atoms with Gasteiger partial charge in [-0.3, -0.25) is 0 Å². The third kappa shape index (κ3) is 6.72. The summed E-state index contributed by atoms with van der Waals surface area (Å²) in [7, 11) is -3.01. The Labute approximate surface area is 168 Å². The molecule has 5 heteroatoms. The van der Waals surface area contributed by atoms with Crippen LogP contribution in [0.15, 0.2) is 0 Å². The molecule has 2 rings (SSSR count). The maximum absolute atomic E-state index is 14.7. The van der Waals surface area contributed by atoms with E-state index in [-0.39, 0.29) is 11.8 Å². The number of hydrogen-bond acceptors (Lipinski definition) is 3. The molecular formula is C22H44O3P2. The molecule has 27 heavy (non-hydrogen) atoms. The van der Waals surface area contributed by atoms with Crippen molar-refractivity contribution in [2.45, 2.75) is 115 Å². The van der Waals surface area contributed by atoms with Gasteiger partial charge >= 0.3 is 0 Å². The predicted octanol–water partition coefficient (Wildman–Crippen LogP) is 7.56. The van der Waals surface area contributed by atoms with Gasteiger partial charge in [-0.2, -0.15) is 0 Å². The van der Waals surface area contributed by atoms with E-state index in [2.05, 4.69) is 13.8 Å². The molecule has 0 aliphatic heterocycles. The summed E-state index contributed by atoms with van der Waals surface area (Å²) in [6.45, 7) is 4.35. The number of hydrogen-bond donors (Lipinski definition) is 0. The van der Waals surface area contributed by atoms with Gasteiger partial charge in [-0.05, 0) is 44.9 Å². The van der Waals surface area contributed by atoms with Crippen molar-refractivity contribution in [1.29, 1.82) is 0 Å². The molecule has 160 valence electrons. The Hall–Kier alpha value is 0.420. The monoisotopic (exact) mass is 418 g/mol. The summed E-state index contributed by atoms with van der Waals surface area (Å²) in [6.07, 6.45) is 16.2. The van der Waals surface area contributed by atoms with Gasteiger partial charge in [0.1, 0.15) is 7.14 Å². The van der Waals surface area contributed by atoms with Crippen molar-refractivity contribution in [2.75, 3.05) is 25.3 Å². The van der Waals surface area contributed by atoms with Crippen molar-refractivity contribution >= 4 is 14.3 Å². The van der Waals surface area contributed by atoms with Crippen molar-refractivity contribution in [3.63, 3.8) is 0 Å². The Morgan fingerprint density at radius 2 is 1.41 bits per heavy atom. The highest BCUT2D eigenvalue weighted by atomic mass is 31.2. The molecule has 0 heterocycles. The van der Waals surface area contributed by atoms with Gasteiger partial charge in [0.25, 0.3) is 0 Å². The van der Waals surface area contributed by atoms with Crippen molar-refractivity contribution in [2.24, 2.45) is 0 Å². The number of unbranched alkanes of at least 4 members (excludes halogenated alkanes) is 2. The van der Waals surface area contributed by atoms with Crippen LogP contribution in [0.3, 0.4) is 0 Å². The standard InChI is InChI=1S/C22H44O3P2/c1-4-6-16-26(23,17-7-5-2)19-27(24,21-13-9-8-10-14-21)22-15-11-12-20(18-22)25-3/h20-22H,4-19H2,1-3H3. The third-order valence-corrected chi connectivity index (χ3v) is 16.6. The van der Waals surface area contributed by atoms with Gasteiger partial charge in [-0.1, -0.05) is 52.4 Å². The molecule has 2 aliphatic rings. The smallest absolute Gasteiger partial charge is 0.101 e. The lowest BCUT2D eigenvalue weighted by molar-refractivity contribution is 0.0716. The minimum atomic E-state index is -2.47. The molecule has 0 aromatic rings. The van der Waals surface area contributed by atoms with E-state index in [0.717, 1.165) is 76.5 Å². The second-order valence-corrected chi connectivity index (χ2v) is 16.5. The van der Waals surface area contributed by atoms with E-state index in [9.17, 15) is 9.13 Å².